The second-order valence-electron chi connectivity index (χ2n) is 3.10. The minimum atomic E-state index is 0.341. The Morgan fingerprint density at radius 2 is 2.07 bits per heavy atom. The molecule has 2 rings (SSSR count). The van der Waals surface area contributed by atoms with Crippen molar-refractivity contribution in [3.05, 3.63) is 45.8 Å². The summed E-state index contributed by atoms with van der Waals surface area (Å²) in [4.78, 5) is 4.65. The van der Waals surface area contributed by atoms with Gasteiger partial charge in [-0.2, -0.15) is 5.26 Å². The molecule has 0 spiro atoms. The number of aromatic nitrogens is 1. The monoisotopic (exact) mass is 215 g/mol. The summed E-state index contributed by atoms with van der Waals surface area (Å²) in [5.74, 6) is 0.341. The predicted octanol–water partition coefficient (Wildman–Crippen LogP) is 2.19. The number of hydrogen-bond acceptors (Lipinski definition) is 4. The van der Waals surface area contributed by atoms with E-state index in [-0.39, 0.29) is 0 Å². The van der Waals surface area contributed by atoms with Crippen molar-refractivity contribution in [2.75, 3.05) is 5.73 Å². The topological polar surface area (TPSA) is 62.7 Å². The number of nitrogens with zero attached hydrogens (tertiary/aromatic N) is 2. The Bertz CT molecular complexity index is 496. The van der Waals surface area contributed by atoms with E-state index in [0.717, 1.165) is 11.4 Å². The Labute approximate surface area is 91.8 Å². The van der Waals surface area contributed by atoms with Gasteiger partial charge in [0.15, 0.2) is 5.82 Å². The van der Waals surface area contributed by atoms with Crippen LogP contribution in [0.15, 0.2) is 30.3 Å². The molecular weight excluding hydrogens is 206 g/mol. The number of nitriles is 1. The number of hydrogen-bond donors (Lipinski definition) is 1. The summed E-state index contributed by atoms with van der Waals surface area (Å²) < 4.78 is 0. The molecule has 0 saturated carbocycles. The predicted molar refractivity (Wildman–Crippen MR) is 60.5 cm³/mol. The standard InChI is InChI=1S/C11H9N3S/c12-7-9-11(13)14-10(15-9)6-8-4-2-1-3-5-8/h1-5H,6,13H2. The molecule has 0 saturated heterocycles. The molecule has 0 aliphatic rings. The number of nitrogens with two attached hydrogens (primary N) is 1. The van der Waals surface area contributed by atoms with Crippen LogP contribution in [-0.2, 0) is 6.42 Å². The van der Waals surface area contributed by atoms with Crippen molar-refractivity contribution in [3.8, 4) is 6.07 Å². The van der Waals surface area contributed by atoms with Gasteiger partial charge in [0.1, 0.15) is 16.0 Å². The molecule has 3 nitrogen and oxygen atoms in total. The lowest BCUT2D eigenvalue weighted by molar-refractivity contribution is 1.14. The fourth-order valence-corrected chi connectivity index (χ4v) is 2.12. The molecule has 0 aliphatic heterocycles. The third kappa shape index (κ3) is 2.14. The minimum Gasteiger partial charge on any atom is -0.382 e. The quantitative estimate of drug-likeness (QED) is 0.835. The highest BCUT2D eigenvalue weighted by Crippen LogP contribution is 2.21. The molecule has 4 heteroatoms. The maximum absolute atomic E-state index is 8.74. The Kier molecular flexibility index (Phi) is 2.66. The van der Waals surface area contributed by atoms with E-state index in [4.69, 9.17) is 11.0 Å². The van der Waals surface area contributed by atoms with Gasteiger partial charge in [0.25, 0.3) is 0 Å². The van der Waals surface area contributed by atoms with Crippen LogP contribution in [0.25, 0.3) is 0 Å². The van der Waals surface area contributed by atoms with E-state index < -0.39 is 0 Å². The van der Waals surface area contributed by atoms with Gasteiger partial charge in [-0.05, 0) is 5.56 Å². The summed E-state index contributed by atoms with van der Waals surface area (Å²) in [6.45, 7) is 0. The zero-order valence-electron chi connectivity index (χ0n) is 7.97. The van der Waals surface area contributed by atoms with Crippen molar-refractivity contribution in [2.45, 2.75) is 6.42 Å². The first-order valence-electron chi connectivity index (χ1n) is 4.49. The second kappa shape index (κ2) is 4.11. The lowest BCUT2D eigenvalue weighted by Gasteiger charge is -1.95. The molecular formula is C11H9N3S. The molecule has 0 amide bonds. The average Bonchev–Trinajstić information content (AvgIpc) is 2.60. The second-order valence-corrected chi connectivity index (χ2v) is 4.18. The third-order valence-corrected chi connectivity index (χ3v) is 2.97. The third-order valence-electron chi connectivity index (χ3n) is 2.00. The number of thiazole rings is 1. The molecule has 15 heavy (non-hydrogen) atoms. The highest BCUT2D eigenvalue weighted by Gasteiger charge is 2.07. The van der Waals surface area contributed by atoms with E-state index in [9.17, 15) is 0 Å². The fourth-order valence-electron chi connectivity index (χ4n) is 1.30. The van der Waals surface area contributed by atoms with Gasteiger partial charge in [0, 0.05) is 6.42 Å². The van der Waals surface area contributed by atoms with Gasteiger partial charge in [0.05, 0.1) is 0 Å². The lowest BCUT2D eigenvalue weighted by Crippen LogP contribution is -1.89. The lowest BCUT2D eigenvalue weighted by atomic mass is 10.2. The molecule has 1 aromatic carbocycles. The molecule has 1 heterocycles. The maximum Gasteiger partial charge on any atom is 0.152 e. The smallest absolute Gasteiger partial charge is 0.152 e. The normalized spacial score (nSPS) is 9.80. The van der Waals surface area contributed by atoms with E-state index in [1.165, 1.54) is 16.9 Å². The molecule has 0 unspecified atom stereocenters. The summed E-state index contributed by atoms with van der Waals surface area (Å²) >= 11 is 1.36. The van der Waals surface area contributed by atoms with Crippen molar-refractivity contribution in [2.24, 2.45) is 0 Å². The first-order chi connectivity index (χ1) is 7.29. The van der Waals surface area contributed by atoms with Crippen molar-refractivity contribution in [3.63, 3.8) is 0 Å². The summed E-state index contributed by atoms with van der Waals surface area (Å²) in [5.41, 5.74) is 6.76. The van der Waals surface area contributed by atoms with Gasteiger partial charge in [-0.15, -0.1) is 11.3 Å². The molecule has 1 aromatic heterocycles. The highest BCUT2D eigenvalue weighted by molar-refractivity contribution is 7.12. The van der Waals surface area contributed by atoms with Crippen LogP contribution < -0.4 is 5.73 Å². The van der Waals surface area contributed by atoms with E-state index in [1.807, 2.05) is 36.4 Å². The largest absolute Gasteiger partial charge is 0.382 e. The van der Waals surface area contributed by atoms with E-state index in [1.54, 1.807) is 0 Å². The van der Waals surface area contributed by atoms with Crippen LogP contribution in [0.5, 0.6) is 0 Å². The van der Waals surface area contributed by atoms with Gasteiger partial charge in [-0.25, -0.2) is 4.98 Å². The van der Waals surface area contributed by atoms with Gasteiger partial charge in [0.2, 0.25) is 0 Å². The molecule has 74 valence electrons. The van der Waals surface area contributed by atoms with E-state index in [0.29, 0.717) is 10.7 Å². The van der Waals surface area contributed by atoms with Crippen LogP contribution in [0.1, 0.15) is 15.4 Å². The number of benzene rings is 1. The van der Waals surface area contributed by atoms with Crippen LogP contribution in [0.3, 0.4) is 0 Å². The molecule has 0 bridgehead atoms. The first-order valence-corrected chi connectivity index (χ1v) is 5.30. The zero-order chi connectivity index (χ0) is 10.7. The fraction of sp³-hybridized carbons (Fsp3) is 0.0909. The molecule has 0 aliphatic carbocycles. The number of rotatable bonds is 2. The van der Waals surface area contributed by atoms with Crippen molar-refractivity contribution < 1.29 is 0 Å². The Morgan fingerprint density at radius 1 is 1.33 bits per heavy atom. The Balaban J connectivity index is 2.23. The average molecular weight is 215 g/mol. The van der Waals surface area contributed by atoms with Gasteiger partial charge in [-0.3, -0.25) is 0 Å². The summed E-state index contributed by atoms with van der Waals surface area (Å²) in [7, 11) is 0. The molecule has 0 fully saturated rings. The zero-order valence-corrected chi connectivity index (χ0v) is 8.79. The van der Waals surface area contributed by atoms with Crippen molar-refractivity contribution in [1.29, 1.82) is 5.26 Å². The molecule has 0 atom stereocenters. The van der Waals surface area contributed by atoms with Gasteiger partial charge in [-0.1, -0.05) is 30.3 Å². The highest BCUT2D eigenvalue weighted by atomic mass is 32.1. The first kappa shape index (κ1) is 9.69. The van der Waals surface area contributed by atoms with Crippen molar-refractivity contribution in [1.82, 2.24) is 4.98 Å². The van der Waals surface area contributed by atoms with Crippen LogP contribution in [-0.4, -0.2) is 4.98 Å². The summed E-state index contributed by atoms with van der Waals surface area (Å²) in [6, 6.07) is 12.0. The van der Waals surface area contributed by atoms with Gasteiger partial charge < -0.3 is 5.73 Å². The van der Waals surface area contributed by atoms with Crippen molar-refractivity contribution >= 4 is 17.2 Å². The van der Waals surface area contributed by atoms with Crippen LogP contribution in [0, 0.1) is 11.3 Å². The Morgan fingerprint density at radius 3 is 2.67 bits per heavy atom. The summed E-state index contributed by atoms with van der Waals surface area (Å²) in [5, 5.41) is 9.62. The molecule has 0 radical (unpaired) electrons. The summed E-state index contributed by atoms with van der Waals surface area (Å²) in [6.07, 6.45) is 0.734. The van der Waals surface area contributed by atoms with E-state index in [2.05, 4.69) is 4.98 Å². The maximum atomic E-state index is 8.74. The molecule has 2 aromatic rings. The number of nitrogen functional groups attached to an aromatic ring is 1. The van der Waals surface area contributed by atoms with Crippen LogP contribution >= 0.6 is 11.3 Å². The Hall–Kier alpha value is -1.86. The van der Waals surface area contributed by atoms with E-state index >= 15 is 0 Å². The number of anilines is 1. The van der Waals surface area contributed by atoms with Gasteiger partial charge >= 0.3 is 0 Å². The molecule has 2 N–H and O–H groups in total. The van der Waals surface area contributed by atoms with Crippen LogP contribution in [0.2, 0.25) is 0 Å². The SMILES string of the molecule is N#Cc1sc(Cc2ccccc2)nc1N. The van der Waals surface area contributed by atoms with Crippen LogP contribution in [0.4, 0.5) is 5.82 Å². The minimum absolute atomic E-state index is 0.341.